The average Bonchev–Trinajstić information content (AvgIpc) is 3.05. The molecule has 0 aromatic rings. The number of hydrogen-bond acceptors (Lipinski definition) is 7. The molecular weight excluding hydrogens is 637 g/mol. The van der Waals surface area contributed by atoms with Crippen LogP contribution in [0, 0.1) is 0 Å². The molecule has 294 valence electrons. The minimum Gasteiger partial charge on any atom is -0.756 e. The number of nitrogens with zero attached hydrogens (tertiary/aromatic N) is 1. The molecule has 0 rings (SSSR count). The maximum atomic E-state index is 12.4. The Morgan fingerprint density at radius 2 is 0.939 bits per heavy atom. The van der Waals surface area contributed by atoms with Gasteiger partial charge in [-0.3, -0.25) is 9.36 Å². The molecule has 0 aliphatic rings. The summed E-state index contributed by atoms with van der Waals surface area (Å²) in [5.41, 5.74) is 0. The second-order valence-electron chi connectivity index (χ2n) is 15.4. The van der Waals surface area contributed by atoms with Gasteiger partial charge in [0.15, 0.2) is 0 Å². The molecule has 0 aliphatic carbocycles. The fourth-order valence-corrected chi connectivity index (χ4v) is 6.60. The number of esters is 1. The molecule has 1 unspecified atom stereocenters. The van der Waals surface area contributed by atoms with Crippen LogP contribution in [-0.4, -0.2) is 70.7 Å². The van der Waals surface area contributed by atoms with E-state index in [0.717, 1.165) is 32.1 Å². The van der Waals surface area contributed by atoms with E-state index < -0.39 is 13.9 Å². The standard InChI is InChI=1S/C40H82NO7P/c1-6-8-10-12-14-16-18-20-22-24-26-28-30-32-35-45-39(38-48-49(43,44)47-36-34-41(3,4)5)37-46-40(42)33-31-29-27-25-23-21-19-17-15-13-11-9-7-2/h39H,6-38H2,1-5H3/t39-/m1/s1. The number of ether oxygens (including phenoxy) is 2. The van der Waals surface area contributed by atoms with Crippen LogP contribution in [0.2, 0.25) is 0 Å². The fourth-order valence-electron chi connectivity index (χ4n) is 5.87. The van der Waals surface area contributed by atoms with E-state index in [9.17, 15) is 14.3 Å². The second kappa shape index (κ2) is 34.6. The number of phosphoric acid groups is 1. The van der Waals surface area contributed by atoms with Crippen molar-refractivity contribution in [2.45, 2.75) is 200 Å². The van der Waals surface area contributed by atoms with Crippen molar-refractivity contribution in [2.24, 2.45) is 0 Å². The molecule has 0 spiro atoms. The summed E-state index contributed by atoms with van der Waals surface area (Å²) in [6.07, 6.45) is 34.0. The van der Waals surface area contributed by atoms with E-state index in [0.29, 0.717) is 24.1 Å². The Morgan fingerprint density at radius 3 is 1.35 bits per heavy atom. The molecule has 8 nitrogen and oxygen atoms in total. The van der Waals surface area contributed by atoms with E-state index in [1.807, 2.05) is 21.1 Å². The van der Waals surface area contributed by atoms with E-state index in [1.165, 1.54) is 141 Å². The third-order valence-electron chi connectivity index (χ3n) is 9.20. The van der Waals surface area contributed by atoms with Crippen LogP contribution in [0.4, 0.5) is 0 Å². The lowest BCUT2D eigenvalue weighted by atomic mass is 10.0. The van der Waals surface area contributed by atoms with Crippen molar-refractivity contribution >= 4 is 13.8 Å². The Bertz CT molecular complexity index is 761. The van der Waals surface area contributed by atoms with Crippen molar-refractivity contribution in [1.29, 1.82) is 0 Å². The van der Waals surface area contributed by atoms with Gasteiger partial charge in [0, 0.05) is 13.0 Å². The molecule has 0 aromatic heterocycles. The molecule has 0 N–H and O–H groups in total. The third-order valence-corrected chi connectivity index (χ3v) is 10.2. The normalized spacial score (nSPS) is 13.8. The summed E-state index contributed by atoms with van der Waals surface area (Å²) in [5, 5.41) is 0. The molecule has 0 aromatic carbocycles. The average molecular weight is 720 g/mol. The highest BCUT2D eigenvalue weighted by Crippen LogP contribution is 2.38. The molecule has 0 radical (unpaired) electrons. The fraction of sp³-hybridized carbons (Fsp3) is 0.975. The minimum atomic E-state index is -4.48. The van der Waals surface area contributed by atoms with Gasteiger partial charge in [-0.2, -0.15) is 0 Å². The summed E-state index contributed by atoms with van der Waals surface area (Å²) < 4.78 is 34.6. The van der Waals surface area contributed by atoms with Crippen molar-refractivity contribution in [1.82, 2.24) is 0 Å². The SMILES string of the molecule is CCCCCCCCCCCCCCCCO[C@H](COC(=O)CCCCCCCCCCCCCCC)COP(=O)([O-])OCC[N+](C)(C)C. The summed E-state index contributed by atoms with van der Waals surface area (Å²) >= 11 is 0. The van der Waals surface area contributed by atoms with Crippen molar-refractivity contribution in [3.8, 4) is 0 Å². The Labute approximate surface area is 304 Å². The van der Waals surface area contributed by atoms with Crippen LogP contribution >= 0.6 is 7.82 Å². The first-order valence-corrected chi connectivity index (χ1v) is 22.2. The minimum absolute atomic E-state index is 0.0191. The molecular formula is C40H82NO7P. The lowest BCUT2D eigenvalue weighted by molar-refractivity contribution is -0.870. The molecule has 0 fully saturated rings. The molecule has 0 amide bonds. The molecule has 49 heavy (non-hydrogen) atoms. The number of likely N-dealkylation sites (N-methyl/N-ethyl adjacent to an activating group) is 1. The van der Waals surface area contributed by atoms with Crippen LogP contribution in [0.3, 0.4) is 0 Å². The van der Waals surface area contributed by atoms with Gasteiger partial charge >= 0.3 is 5.97 Å². The number of hydrogen-bond donors (Lipinski definition) is 0. The summed E-state index contributed by atoms with van der Waals surface area (Å²) in [7, 11) is 1.42. The van der Waals surface area contributed by atoms with Crippen molar-refractivity contribution in [3.05, 3.63) is 0 Å². The lowest BCUT2D eigenvalue weighted by Gasteiger charge is -2.28. The van der Waals surface area contributed by atoms with Gasteiger partial charge in [0.05, 0.1) is 27.7 Å². The van der Waals surface area contributed by atoms with Crippen LogP contribution < -0.4 is 4.89 Å². The lowest BCUT2D eigenvalue weighted by Crippen LogP contribution is -2.37. The first kappa shape index (κ1) is 48.5. The van der Waals surface area contributed by atoms with Gasteiger partial charge in [-0.25, -0.2) is 0 Å². The summed E-state index contributed by atoms with van der Waals surface area (Å²) in [4.78, 5) is 24.8. The van der Waals surface area contributed by atoms with E-state index in [4.69, 9.17) is 18.5 Å². The molecule has 0 bridgehead atoms. The van der Waals surface area contributed by atoms with Gasteiger partial charge in [-0.05, 0) is 12.8 Å². The van der Waals surface area contributed by atoms with E-state index >= 15 is 0 Å². The topological polar surface area (TPSA) is 94.1 Å². The van der Waals surface area contributed by atoms with Gasteiger partial charge in [-0.15, -0.1) is 0 Å². The Balaban J connectivity index is 4.22. The molecule has 0 heterocycles. The first-order valence-electron chi connectivity index (χ1n) is 20.8. The number of rotatable bonds is 39. The monoisotopic (exact) mass is 720 g/mol. The Kier molecular flexibility index (Phi) is 34.2. The quantitative estimate of drug-likeness (QED) is 0.0270. The molecule has 0 aliphatic heterocycles. The third kappa shape index (κ3) is 38.6. The van der Waals surface area contributed by atoms with Crippen LogP contribution in [-0.2, 0) is 27.9 Å². The summed E-state index contributed by atoms with van der Waals surface area (Å²) in [6, 6.07) is 0. The number of carbonyl (C=O) groups excluding carboxylic acids is 1. The predicted octanol–water partition coefficient (Wildman–Crippen LogP) is 11.1. The van der Waals surface area contributed by atoms with Gasteiger partial charge < -0.3 is 27.9 Å². The smallest absolute Gasteiger partial charge is 0.305 e. The maximum absolute atomic E-state index is 12.4. The predicted molar refractivity (Wildman–Crippen MR) is 204 cm³/mol. The van der Waals surface area contributed by atoms with E-state index in [-0.39, 0.29) is 25.8 Å². The number of quaternary nitrogens is 1. The van der Waals surface area contributed by atoms with Crippen LogP contribution in [0.5, 0.6) is 0 Å². The van der Waals surface area contributed by atoms with E-state index in [1.54, 1.807) is 0 Å². The second-order valence-corrected chi connectivity index (χ2v) is 16.8. The van der Waals surface area contributed by atoms with Crippen LogP contribution in [0.15, 0.2) is 0 Å². The van der Waals surface area contributed by atoms with Gasteiger partial charge in [0.1, 0.15) is 25.9 Å². The van der Waals surface area contributed by atoms with Gasteiger partial charge in [0.2, 0.25) is 0 Å². The van der Waals surface area contributed by atoms with E-state index in [2.05, 4.69) is 13.8 Å². The highest BCUT2D eigenvalue weighted by atomic mass is 31.2. The first-order chi connectivity index (χ1) is 23.6. The van der Waals surface area contributed by atoms with Gasteiger partial charge in [-0.1, -0.05) is 174 Å². The molecule has 9 heteroatoms. The van der Waals surface area contributed by atoms with Crippen LogP contribution in [0.1, 0.15) is 194 Å². The number of unbranched alkanes of at least 4 members (excludes halogenated alkanes) is 25. The van der Waals surface area contributed by atoms with Crippen molar-refractivity contribution in [3.63, 3.8) is 0 Å². The summed E-state index contributed by atoms with van der Waals surface area (Å²) in [5.74, 6) is -0.266. The Hall–Kier alpha value is -0.500. The van der Waals surface area contributed by atoms with Crippen molar-refractivity contribution < 1.29 is 37.3 Å². The van der Waals surface area contributed by atoms with Gasteiger partial charge in [0.25, 0.3) is 7.82 Å². The zero-order valence-electron chi connectivity index (χ0n) is 33.2. The highest BCUT2D eigenvalue weighted by Gasteiger charge is 2.19. The molecule has 0 saturated carbocycles. The Morgan fingerprint density at radius 1 is 0.551 bits per heavy atom. The highest BCUT2D eigenvalue weighted by molar-refractivity contribution is 7.45. The zero-order valence-corrected chi connectivity index (χ0v) is 34.1. The number of phosphoric ester groups is 1. The maximum Gasteiger partial charge on any atom is 0.305 e. The molecule has 2 atom stereocenters. The van der Waals surface area contributed by atoms with Crippen LogP contribution in [0.25, 0.3) is 0 Å². The molecule has 0 saturated heterocycles. The summed E-state index contributed by atoms with van der Waals surface area (Å²) in [6.45, 7) is 5.34. The zero-order chi connectivity index (χ0) is 36.3. The largest absolute Gasteiger partial charge is 0.756 e. The van der Waals surface area contributed by atoms with Crippen molar-refractivity contribution in [2.75, 3.05) is 54.1 Å². The number of carbonyl (C=O) groups is 1.